The van der Waals surface area contributed by atoms with Crippen LogP contribution < -0.4 is 5.32 Å². The first-order valence-electron chi connectivity index (χ1n) is 8.11. The van der Waals surface area contributed by atoms with Crippen LogP contribution in [-0.4, -0.2) is 11.5 Å². The van der Waals surface area contributed by atoms with Crippen molar-refractivity contribution in [2.24, 2.45) is 0 Å². The predicted octanol–water partition coefficient (Wildman–Crippen LogP) is 4.57. The molecule has 0 aromatic carbocycles. The number of thiazole rings is 1. The average molecular weight is 278 g/mol. The van der Waals surface area contributed by atoms with Gasteiger partial charge in [-0.05, 0) is 38.6 Å². The third-order valence-corrected chi connectivity index (χ3v) is 5.92. The molecule has 1 fully saturated rings. The Morgan fingerprint density at radius 2 is 1.89 bits per heavy atom. The van der Waals surface area contributed by atoms with Gasteiger partial charge in [0.05, 0.1) is 16.7 Å². The van der Waals surface area contributed by atoms with Gasteiger partial charge in [0.2, 0.25) is 0 Å². The first kappa shape index (κ1) is 13.6. The first-order chi connectivity index (χ1) is 9.38. The molecule has 3 heteroatoms. The van der Waals surface area contributed by atoms with Crippen LogP contribution in [0.2, 0.25) is 0 Å². The van der Waals surface area contributed by atoms with Crippen LogP contribution >= 0.6 is 11.3 Å². The lowest BCUT2D eigenvalue weighted by atomic mass is 9.97. The van der Waals surface area contributed by atoms with Crippen molar-refractivity contribution in [2.75, 3.05) is 6.54 Å². The van der Waals surface area contributed by atoms with Crippen LogP contribution in [0.4, 0.5) is 0 Å². The van der Waals surface area contributed by atoms with Crippen LogP contribution in [0.3, 0.4) is 0 Å². The van der Waals surface area contributed by atoms with Crippen LogP contribution in [-0.2, 0) is 6.42 Å². The molecule has 0 amide bonds. The standard InChI is InChI=1S/C16H26N2S/c1-2-17-13-10-7-11-14-15(13)18-16(19-14)12-8-5-3-4-6-9-12/h12-13,17H,2-11H2,1H3. The Balaban J connectivity index is 1.80. The summed E-state index contributed by atoms with van der Waals surface area (Å²) in [4.78, 5) is 6.65. The number of nitrogens with one attached hydrogen (secondary N) is 1. The van der Waals surface area contributed by atoms with E-state index in [1.165, 1.54) is 68.5 Å². The SMILES string of the molecule is CCNC1CCCc2sc(C3CCCCCC3)nc21. The maximum Gasteiger partial charge on any atom is 0.0962 e. The molecule has 0 bridgehead atoms. The Morgan fingerprint density at radius 3 is 2.63 bits per heavy atom. The van der Waals surface area contributed by atoms with Crippen LogP contribution in [0.15, 0.2) is 0 Å². The summed E-state index contributed by atoms with van der Waals surface area (Å²) in [6.07, 6.45) is 12.3. The van der Waals surface area contributed by atoms with Gasteiger partial charge in [0.15, 0.2) is 0 Å². The Morgan fingerprint density at radius 1 is 1.11 bits per heavy atom. The minimum atomic E-state index is 0.532. The fourth-order valence-corrected chi connectivity index (χ4v) is 4.92. The van der Waals surface area contributed by atoms with Crippen molar-refractivity contribution in [3.05, 3.63) is 15.6 Å². The van der Waals surface area contributed by atoms with Crippen molar-refractivity contribution < 1.29 is 0 Å². The summed E-state index contributed by atoms with van der Waals surface area (Å²) in [5.41, 5.74) is 1.40. The average Bonchev–Trinajstić information content (AvgIpc) is 2.68. The van der Waals surface area contributed by atoms with E-state index < -0.39 is 0 Å². The van der Waals surface area contributed by atoms with E-state index >= 15 is 0 Å². The van der Waals surface area contributed by atoms with Crippen molar-refractivity contribution in [3.63, 3.8) is 0 Å². The molecule has 0 spiro atoms. The fraction of sp³-hybridized carbons (Fsp3) is 0.812. The molecule has 0 radical (unpaired) electrons. The Hall–Kier alpha value is -0.410. The number of rotatable bonds is 3. The van der Waals surface area contributed by atoms with Crippen LogP contribution in [0.1, 0.15) is 85.8 Å². The molecule has 2 aliphatic rings. The molecule has 0 saturated heterocycles. The molecule has 1 aromatic heterocycles. The van der Waals surface area contributed by atoms with Gasteiger partial charge in [-0.2, -0.15) is 0 Å². The quantitative estimate of drug-likeness (QED) is 0.819. The molecular weight excluding hydrogens is 252 g/mol. The molecule has 0 aliphatic heterocycles. The molecule has 1 aromatic rings. The lowest BCUT2D eigenvalue weighted by Gasteiger charge is -2.21. The van der Waals surface area contributed by atoms with Gasteiger partial charge in [-0.3, -0.25) is 0 Å². The molecule has 1 atom stereocenters. The smallest absolute Gasteiger partial charge is 0.0962 e. The van der Waals surface area contributed by atoms with Gasteiger partial charge >= 0.3 is 0 Å². The minimum absolute atomic E-state index is 0.532. The molecule has 1 saturated carbocycles. The molecular formula is C16H26N2S. The molecule has 3 rings (SSSR count). The maximum absolute atomic E-state index is 5.07. The van der Waals surface area contributed by atoms with E-state index in [-0.39, 0.29) is 0 Å². The molecule has 2 nitrogen and oxygen atoms in total. The highest BCUT2D eigenvalue weighted by Gasteiger charge is 2.26. The normalized spacial score (nSPS) is 25.0. The highest BCUT2D eigenvalue weighted by atomic mass is 32.1. The highest BCUT2D eigenvalue weighted by Crippen LogP contribution is 2.39. The van der Waals surface area contributed by atoms with Gasteiger partial charge < -0.3 is 5.32 Å². The van der Waals surface area contributed by atoms with Crippen molar-refractivity contribution in [1.29, 1.82) is 0 Å². The van der Waals surface area contributed by atoms with Gasteiger partial charge in [0.1, 0.15) is 0 Å². The van der Waals surface area contributed by atoms with Gasteiger partial charge in [-0.15, -0.1) is 11.3 Å². The van der Waals surface area contributed by atoms with E-state index in [4.69, 9.17) is 4.98 Å². The van der Waals surface area contributed by atoms with E-state index in [1.54, 1.807) is 4.88 Å². The summed E-state index contributed by atoms with van der Waals surface area (Å²) in [5, 5.41) is 5.07. The summed E-state index contributed by atoms with van der Waals surface area (Å²) in [6.45, 7) is 3.26. The van der Waals surface area contributed by atoms with Crippen LogP contribution in [0.5, 0.6) is 0 Å². The summed E-state index contributed by atoms with van der Waals surface area (Å²) in [5.74, 6) is 0.764. The third kappa shape index (κ3) is 3.03. The van der Waals surface area contributed by atoms with Crippen molar-refractivity contribution >= 4 is 11.3 Å². The van der Waals surface area contributed by atoms with Crippen molar-refractivity contribution in [3.8, 4) is 0 Å². The summed E-state index contributed by atoms with van der Waals surface area (Å²) in [6, 6.07) is 0.532. The van der Waals surface area contributed by atoms with Crippen molar-refractivity contribution in [2.45, 2.75) is 76.7 Å². The number of nitrogens with zero attached hydrogens (tertiary/aromatic N) is 1. The largest absolute Gasteiger partial charge is 0.309 e. The van der Waals surface area contributed by atoms with Gasteiger partial charge in [0, 0.05) is 10.8 Å². The first-order valence-corrected chi connectivity index (χ1v) is 8.93. The van der Waals surface area contributed by atoms with E-state index in [1.807, 2.05) is 11.3 Å². The van der Waals surface area contributed by atoms with Gasteiger partial charge in [-0.25, -0.2) is 4.98 Å². The third-order valence-electron chi connectivity index (χ3n) is 4.63. The Bertz CT molecular complexity index is 405. The minimum Gasteiger partial charge on any atom is -0.309 e. The summed E-state index contributed by atoms with van der Waals surface area (Å²) >= 11 is 2.03. The lowest BCUT2D eigenvalue weighted by Crippen LogP contribution is -2.24. The molecule has 1 heterocycles. The molecule has 106 valence electrons. The van der Waals surface area contributed by atoms with Gasteiger partial charge in [0.25, 0.3) is 0 Å². The number of fused-ring (bicyclic) bond motifs is 1. The zero-order chi connectivity index (χ0) is 13.1. The predicted molar refractivity (Wildman–Crippen MR) is 81.9 cm³/mol. The van der Waals surface area contributed by atoms with E-state index in [2.05, 4.69) is 12.2 Å². The Labute approximate surface area is 121 Å². The maximum atomic E-state index is 5.07. The molecule has 1 unspecified atom stereocenters. The van der Waals surface area contributed by atoms with Crippen LogP contribution in [0, 0.1) is 0 Å². The molecule has 2 aliphatic carbocycles. The zero-order valence-corrected chi connectivity index (χ0v) is 12.9. The second-order valence-electron chi connectivity index (χ2n) is 6.05. The van der Waals surface area contributed by atoms with E-state index in [9.17, 15) is 0 Å². The van der Waals surface area contributed by atoms with Crippen molar-refractivity contribution in [1.82, 2.24) is 10.3 Å². The van der Waals surface area contributed by atoms with E-state index in [0.717, 1.165) is 12.5 Å². The lowest BCUT2D eigenvalue weighted by molar-refractivity contribution is 0.463. The molecule has 19 heavy (non-hydrogen) atoms. The molecule has 1 N–H and O–H groups in total. The number of aryl methyl sites for hydroxylation is 1. The van der Waals surface area contributed by atoms with Gasteiger partial charge in [-0.1, -0.05) is 32.6 Å². The fourth-order valence-electron chi connectivity index (χ4n) is 3.58. The number of hydrogen-bond acceptors (Lipinski definition) is 3. The topological polar surface area (TPSA) is 24.9 Å². The van der Waals surface area contributed by atoms with Crippen LogP contribution in [0.25, 0.3) is 0 Å². The summed E-state index contributed by atoms with van der Waals surface area (Å²) < 4.78 is 0. The summed E-state index contributed by atoms with van der Waals surface area (Å²) in [7, 11) is 0. The number of hydrogen-bond donors (Lipinski definition) is 1. The monoisotopic (exact) mass is 278 g/mol. The Kier molecular flexibility index (Phi) is 4.54. The zero-order valence-electron chi connectivity index (χ0n) is 12.1. The van der Waals surface area contributed by atoms with E-state index in [0.29, 0.717) is 6.04 Å². The number of aromatic nitrogens is 1. The second-order valence-corrected chi connectivity index (χ2v) is 7.17. The second kappa shape index (κ2) is 6.36. The highest BCUT2D eigenvalue weighted by molar-refractivity contribution is 7.11.